The van der Waals surface area contributed by atoms with Crippen LogP contribution in [0.1, 0.15) is 80.6 Å². The Morgan fingerprint density at radius 2 is 0.895 bits per heavy atom. The zero-order valence-electron chi connectivity index (χ0n) is 14.6. The largest absolute Gasteiger partial charge is 0.0683 e. The van der Waals surface area contributed by atoms with Gasteiger partial charge in [-0.2, -0.15) is 0 Å². The summed E-state index contributed by atoms with van der Waals surface area (Å²) in [7, 11) is 0. The Morgan fingerprint density at radius 1 is 0.526 bits per heavy atom. The highest BCUT2D eigenvalue weighted by Gasteiger charge is 2.39. The normalized spacial score (nSPS) is 47.2. The minimum Gasteiger partial charge on any atom is -0.0683 e. The fourth-order valence-corrected chi connectivity index (χ4v) is 5.49. The summed E-state index contributed by atoms with van der Waals surface area (Å²) in [6.07, 6.45) is 7.46. The van der Waals surface area contributed by atoms with Crippen LogP contribution in [0.2, 0.25) is 0 Å². The summed E-state index contributed by atoms with van der Waals surface area (Å²) in [4.78, 5) is 0. The van der Waals surface area contributed by atoms with Crippen LogP contribution in [-0.4, -0.2) is 0 Å². The summed E-state index contributed by atoms with van der Waals surface area (Å²) in [6, 6.07) is 0. The average molecular weight is 267 g/mol. The molecule has 0 amide bonds. The van der Waals surface area contributed by atoms with E-state index in [1.165, 1.54) is 32.1 Å². The predicted octanol–water partition coefficient (Wildman–Crippen LogP) is 6.40. The second-order valence-corrected chi connectivity index (χ2v) is 7.79. The van der Waals surface area contributed by atoms with Gasteiger partial charge in [-0.3, -0.25) is 0 Å². The van der Waals surface area contributed by atoms with Crippen LogP contribution in [0.15, 0.2) is 0 Å². The Bertz CT molecular complexity index is 222. The molecule has 2 aliphatic rings. The molecule has 4 atom stereocenters. The van der Waals surface area contributed by atoms with Crippen LogP contribution in [-0.2, 0) is 0 Å². The quantitative estimate of drug-likeness (QED) is 0.515. The van der Waals surface area contributed by atoms with Crippen LogP contribution in [0.3, 0.4) is 0 Å². The molecule has 2 aliphatic carbocycles. The zero-order valence-corrected chi connectivity index (χ0v) is 14.6. The molecule has 0 aromatic heterocycles. The molecule has 0 heterocycles. The van der Waals surface area contributed by atoms with E-state index in [-0.39, 0.29) is 0 Å². The Balaban J connectivity index is 0.000000861. The summed E-state index contributed by atoms with van der Waals surface area (Å²) >= 11 is 0. The molecular formula is C19H38. The van der Waals surface area contributed by atoms with Gasteiger partial charge in [-0.1, -0.05) is 48.5 Å². The topological polar surface area (TPSA) is 0 Å². The molecule has 2 rings (SSSR count). The van der Waals surface area contributed by atoms with E-state index in [0.717, 1.165) is 41.4 Å². The molecule has 0 bridgehead atoms. The predicted molar refractivity (Wildman–Crippen MR) is 87.2 cm³/mol. The van der Waals surface area contributed by atoms with Crippen LogP contribution in [0, 0.1) is 41.4 Å². The minimum absolute atomic E-state index is 0.967. The van der Waals surface area contributed by atoms with Crippen LogP contribution in [0.25, 0.3) is 0 Å². The van der Waals surface area contributed by atoms with Crippen LogP contribution in [0.5, 0.6) is 0 Å². The molecule has 0 aromatic rings. The second-order valence-electron chi connectivity index (χ2n) is 7.79. The van der Waals surface area contributed by atoms with Crippen molar-refractivity contribution in [1.82, 2.24) is 0 Å². The highest BCUT2D eigenvalue weighted by atomic mass is 14.4. The lowest BCUT2D eigenvalue weighted by molar-refractivity contribution is 0.0391. The van der Waals surface area contributed by atoms with Crippen molar-refractivity contribution in [3.8, 4) is 0 Å². The van der Waals surface area contributed by atoms with Gasteiger partial charge in [0.05, 0.1) is 0 Å². The number of rotatable bonds is 1. The Labute approximate surface area is 122 Å². The van der Waals surface area contributed by atoms with Crippen molar-refractivity contribution in [2.75, 3.05) is 0 Å². The molecule has 114 valence electrons. The maximum Gasteiger partial charge on any atom is -0.0334 e. The molecule has 0 radical (unpaired) electrons. The lowest BCUT2D eigenvalue weighted by Crippen LogP contribution is -2.37. The smallest absolute Gasteiger partial charge is 0.0334 e. The zero-order chi connectivity index (χ0) is 14.6. The maximum atomic E-state index is 2.53. The lowest BCUT2D eigenvalue weighted by Gasteiger charge is -2.46. The molecule has 0 saturated heterocycles. The van der Waals surface area contributed by atoms with Crippen LogP contribution in [0.4, 0.5) is 0 Å². The van der Waals surface area contributed by atoms with E-state index >= 15 is 0 Å². The van der Waals surface area contributed by atoms with E-state index < -0.39 is 0 Å². The molecule has 0 spiro atoms. The summed E-state index contributed by atoms with van der Waals surface area (Å²) < 4.78 is 0. The number of hydrogen-bond acceptors (Lipinski definition) is 0. The van der Waals surface area contributed by atoms with E-state index in [4.69, 9.17) is 0 Å². The Hall–Kier alpha value is 0. The van der Waals surface area contributed by atoms with Gasteiger partial charge >= 0.3 is 0 Å². The van der Waals surface area contributed by atoms with E-state index in [9.17, 15) is 0 Å². The molecule has 0 N–H and O–H groups in total. The Kier molecular flexibility index (Phi) is 6.91. The van der Waals surface area contributed by atoms with Crippen molar-refractivity contribution in [3.63, 3.8) is 0 Å². The van der Waals surface area contributed by atoms with Gasteiger partial charge in [0.15, 0.2) is 0 Å². The molecule has 4 unspecified atom stereocenters. The van der Waals surface area contributed by atoms with Crippen LogP contribution >= 0.6 is 0 Å². The van der Waals surface area contributed by atoms with Crippen molar-refractivity contribution in [2.24, 2.45) is 41.4 Å². The summed E-state index contributed by atoms with van der Waals surface area (Å²) in [6.45, 7) is 16.5. The third kappa shape index (κ3) is 4.50. The van der Waals surface area contributed by atoms with Gasteiger partial charge < -0.3 is 0 Å². The highest BCUT2D eigenvalue weighted by Crippen LogP contribution is 2.48. The molecular weight excluding hydrogens is 228 g/mol. The highest BCUT2D eigenvalue weighted by molar-refractivity contribution is 4.88. The van der Waals surface area contributed by atoms with Gasteiger partial charge in [-0.15, -0.1) is 0 Å². The molecule has 0 nitrogen and oxygen atoms in total. The van der Waals surface area contributed by atoms with E-state index in [2.05, 4.69) is 34.6 Å². The van der Waals surface area contributed by atoms with Crippen molar-refractivity contribution < 1.29 is 0 Å². The standard InChI is InChI=1S/C17H32.C2H6/c1-11-6-12(2)10-16(9-11)17-14(4)7-13(3)8-15(17)5;1-2/h11-17H,6-10H2,1-5H3;1-2H3. The van der Waals surface area contributed by atoms with E-state index in [1.807, 2.05) is 13.8 Å². The van der Waals surface area contributed by atoms with Crippen molar-refractivity contribution in [3.05, 3.63) is 0 Å². The first-order valence-corrected chi connectivity index (χ1v) is 8.97. The van der Waals surface area contributed by atoms with Gasteiger partial charge in [0, 0.05) is 0 Å². The molecule has 2 fully saturated rings. The van der Waals surface area contributed by atoms with Gasteiger partial charge in [-0.05, 0) is 73.5 Å². The number of hydrogen-bond donors (Lipinski definition) is 0. The third-order valence-corrected chi connectivity index (χ3v) is 5.62. The first-order valence-electron chi connectivity index (χ1n) is 8.97. The van der Waals surface area contributed by atoms with Crippen LogP contribution < -0.4 is 0 Å². The van der Waals surface area contributed by atoms with Gasteiger partial charge in [-0.25, -0.2) is 0 Å². The third-order valence-electron chi connectivity index (χ3n) is 5.62. The fraction of sp³-hybridized carbons (Fsp3) is 1.00. The average Bonchev–Trinajstić information content (AvgIpc) is 2.28. The Morgan fingerprint density at radius 3 is 1.32 bits per heavy atom. The fourth-order valence-electron chi connectivity index (χ4n) is 5.49. The SMILES string of the molecule is CC.CC1CC(C)C(C2CC(C)CC(C)C2)C(C)C1. The maximum absolute atomic E-state index is 2.53. The van der Waals surface area contributed by atoms with Gasteiger partial charge in [0.2, 0.25) is 0 Å². The van der Waals surface area contributed by atoms with Gasteiger partial charge in [0.25, 0.3) is 0 Å². The molecule has 2 saturated carbocycles. The lowest BCUT2D eigenvalue weighted by atomic mass is 9.60. The summed E-state index contributed by atoms with van der Waals surface area (Å²) in [5.41, 5.74) is 0. The minimum atomic E-state index is 0.967. The summed E-state index contributed by atoms with van der Waals surface area (Å²) in [5.74, 6) is 6.91. The second kappa shape index (κ2) is 7.70. The molecule has 0 heteroatoms. The first kappa shape index (κ1) is 17.1. The monoisotopic (exact) mass is 266 g/mol. The van der Waals surface area contributed by atoms with Gasteiger partial charge in [0.1, 0.15) is 0 Å². The van der Waals surface area contributed by atoms with Crippen molar-refractivity contribution in [2.45, 2.75) is 80.6 Å². The molecule has 0 aromatic carbocycles. The molecule has 0 aliphatic heterocycles. The summed E-state index contributed by atoms with van der Waals surface area (Å²) in [5, 5.41) is 0. The van der Waals surface area contributed by atoms with Crippen molar-refractivity contribution >= 4 is 0 Å². The molecule has 19 heavy (non-hydrogen) atoms. The van der Waals surface area contributed by atoms with E-state index in [0.29, 0.717) is 0 Å². The van der Waals surface area contributed by atoms with E-state index in [1.54, 1.807) is 0 Å². The first-order chi connectivity index (χ1) is 8.97. The van der Waals surface area contributed by atoms with Crippen molar-refractivity contribution in [1.29, 1.82) is 0 Å².